The van der Waals surface area contributed by atoms with E-state index in [1.54, 1.807) is 12.1 Å². The molecule has 1 saturated heterocycles. The van der Waals surface area contributed by atoms with E-state index >= 15 is 0 Å². The molecule has 1 heterocycles. The van der Waals surface area contributed by atoms with Gasteiger partial charge in [-0.05, 0) is 67.6 Å². The molecule has 0 aromatic heterocycles. The highest BCUT2D eigenvalue weighted by atomic mass is 32.2. The quantitative estimate of drug-likeness (QED) is 0.769. The molecule has 2 fully saturated rings. The van der Waals surface area contributed by atoms with Gasteiger partial charge in [0.15, 0.2) is 0 Å². The third-order valence-corrected chi connectivity index (χ3v) is 6.73. The van der Waals surface area contributed by atoms with Crippen molar-refractivity contribution >= 4 is 29.2 Å². The van der Waals surface area contributed by atoms with Gasteiger partial charge in [-0.25, -0.2) is 9.18 Å². The Morgan fingerprint density at radius 2 is 1.82 bits per heavy atom. The number of rotatable bonds is 4. The van der Waals surface area contributed by atoms with Crippen molar-refractivity contribution in [1.82, 2.24) is 5.32 Å². The highest BCUT2D eigenvalue weighted by Gasteiger charge is 2.40. The first kappa shape index (κ1) is 19.1. The van der Waals surface area contributed by atoms with Crippen molar-refractivity contribution in [3.8, 4) is 0 Å². The van der Waals surface area contributed by atoms with Crippen LogP contribution in [0.3, 0.4) is 0 Å². The van der Waals surface area contributed by atoms with E-state index in [0.717, 1.165) is 60.7 Å². The summed E-state index contributed by atoms with van der Waals surface area (Å²) in [5.74, 6) is 2.06. The predicted molar refractivity (Wildman–Crippen MR) is 115 cm³/mol. The van der Waals surface area contributed by atoms with Gasteiger partial charge in [0.1, 0.15) is 5.82 Å². The van der Waals surface area contributed by atoms with Crippen molar-refractivity contribution in [1.29, 1.82) is 0 Å². The van der Waals surface area contributed by atoms with Gasteiger partial charge in [-0.3, -0.25) is 0 Å². The third-order valence-electron chi connectivity index (χ3n) is 5.79. The van der Waals surface area contributed by atoms with Crippen LogP contribution in [0, 0.1) is 12.7 Å². The molecule has 0 bridgehead atoms. The molecule has 1 aliphatic carbocycles. The molecule has 0 unspecified atom stereocenters. The molecule has 148 valence electrons. The van der Waals surface area contributed by atoms with E-state index in [-0.39, 0.29) is 11.8 Å². The molecule has 28 heavy (non-hydrogen) atoms. The van der Waals surface area contributed by atoms with Gasteiger partial charge >= 0.3 is 6.03 Å². The molecular formula is C22H26FN3OS. The maximum absolute atomic E-state index is 13.3. The number of anilines is 2. The predicted octanol–water partition coefficient (Wildman–Crippen LogP) is 4.89. The largest absolute Gasteiger partial charge is 0.370 e. The van der Waals surface area contributed by atoms with Gasteiger partial charge in [-0.2, -0.15) is 11.8 Å². The van der Waals surface area contributed by atoms with E-state index in [1.807, 2.05) is 24.8 Å². The first-order valence-corrected chi connectivity index (χ1v) is 11.0. The first-order valence-electron chi connectivity index (χ1n) is 9.84. The Balaban J connectivity index is 1.43. The molecule has 0 spiro atoms. The molecule has 1 aliphatic heterocycles. The van der Waals surface area contributed by atoms with Crippen LogP contribution < -0.4 is 15.5 Å². The Hall–Kier alpha value is -2.21. The zero-order valence-electron chi connectivity index (χ0n) is 16.1. The monoisotopic (exact) mass is 399 g/mol. The van der Waals surface area contributed by atoms with Crippen molar-refractivity contribution < 1.29 is 9.18 Å². The number of hydrogen-bond donors (Lipinski definition) is 2. The third kappa shape index (κ3) is 3.97. The van der Waals surface area contributed by atoms with Gasteiger partial charge in [0.2, 0.25) is 0 Å². The average Bonchev–Trinajstić information content (AvgIpc) is 2.68. The molecule has 2 aromatic carbocycles. The minimum absolute atomic E-state index is 0.214. The van der Waals surface area contributed by atoms with Crippen LogP contribution >= 0.6 is 11.8 Å². The fourth-order valence-electron chi connectivity index (χ4n) is 3.96. The van der Waals surface area contributed by atoms with Crippen LogP contribution in [0.4, 0.5) is 20.6 Å². The zero-order valence-corrected chi connectivity index (χ0v) is 16.9. The van der Waals surface area contributed by atoms with Crippen molar-refractivity contribution in [2.24, 2.45) is 0 Å². The van der Waals surface area contributed by atoms with E-state index in [2.05, 4.69) is 27.7 Å². The Labute approximate surface area is 169 Å². The zero-order chi connectivity index (χ0) is 19.6. The fourth-order valence-corrected chi connectivity index (χ4v) is 4.87. The number of benzene rings is 2. The maximum Gasteiger partial charge on any atom is 0.319 e. The highest BCUT2D eigenvalue weighted by molar-refractivity contribution is 7.99. The number of carbonyl (C=O) groups is 1. The standard InChI is InChI=1S/C22H26FN3OS/c1-16-15-19(26-11-13-28-14-12-26)7-8-20(16)24-21(27)25-22(9-2-10-22)17-3-5-18(23)6-4-17/h3-8,15H,2,9-14H2,1H3,(H2,24,25,27). The number of carbonyl (C=O) groups excluding carboxylic acids is 1. The second-order valence-electron chi connectivity index (χ2n) is 7.62. The lowest BCUT2D eigenvalue weighted by atomic mass is 9.72. The second-order valence-corrected chi connectivity index (χ2v) is 8.85. The van der Waals surface area contributed by atoms with Crippen molar-refractivity contribution in [2.75, 3.05) is 34.8 Å². The Morgan fingerprint density at radius 3 is 2.43 bits per heavy atom. The number of urea groups is 1. The van der Waals surface area contributed by atoms with E-state index in [0.29, 0.717) is 0 Å². The van der Waals surface area contributed by atoms with Crippen molar-refractivity contribution in [3.63, 3.8) is 0 Å². The molecule has 2 amide bonds. The number of aryl methyl sites for hydroxylation is 1. The van der Waals surface area contributed by atoms with Crippen LogP contribution in [0.5, 0.6) is 0 Å². The molecular weight excluding hydrogens is 373 g/mol. The van der Waals surface area contributed by atoms with E-state index < -0.39 is 5.54 Å². The van der Waals surface area contributed by atoms with Gasteiger partial charge in [0.05, 0.1) is 5.54 Å². The molecule has 4 rings (SSSR count). The summed E-state index contributed by atoms with van der Waals surface area (Å²) >= 11 is 1.99. The number of nitrogens with one attached hydrogen (secondary N) is 2. The highest BCUT2D eigenvalue weighted by Crippen LogP contribution is 2.41. The van der Waals surface area contributed by atoms with Crippen LogP contribution in [0.1, 0.15) is 30.4 Å². The topological polar surface area (TPSA) is 44.4 Å². The number of nitrogens with zero attached hydrogens (tertiary/aromatic N) is 1. The SMILES string of the molecule is Cc1cc(N2CCSCC2)ccc1NC(=O)NC1(c2ccc(F)cc2)CCC1. The Kier molecular flexibility index (Phi) is 5.49. The minimum Gasteiger partial charge on any atom is -0.370 e. The van der Waals surface area contributed by atoms with Crippen LogP contribution in [-0.4, -0.2) is 30.6 Å². The van der Waals surface area contributed by atoms with E-state index in [1.165, 1.54) is 17.8 Å². The van der Waals surface area contributed by atoms with Gasteiger partial charge < -0.3 is 15.5 Å². The van der Waals surface area contributed by atoms with E-state index in [9.17, 15) is 9.18 Å². The van der Waals surface area contributed by atoms with Crippen LogP contribution in [0.15, 0.2) is 42.5 Å². The van der Waals surface area contributed by atoms with Crippen molar-refractivity contribution in [3.05, 3.63) is 59.4 Å². The average molecular weight is 400 g/mol. The minimum atomic E-state index is -0.392. The lowest BCUT2D eigenvalue weighted by Gasteiger charge is -2.43. The number of amides is 2. The summed E-state index contributed by atoms with van der Waals surface area (Å²) in [5, 5.41) is 6.13. The van der Waals surface area contributed by atoms with Crippen LogP contribution in [0.25, 0.3) is 0 Å². The molecule has 0 atom stereocenters. The molecule has 6 heteroatoms. The lowest BCUT2D eigenvalue weighted by molar-refractivity contribution is 0.185. The smallest absolute Gasteiger partial charge is 0.319 e. The summed E-state index contributed by atoms with van der Waals surface area (Å²) in [7, 11) is 0. The van der Waals surface area contributed by atoms with Gasteiger partial charge in [0.25, 0.3) is 0 Å². The van der Waals surface area contributed by atoms with E-state index in [4.69, 9.17) is 0 Å². The lowest BCUT2D eigenvalue weighted by Crippen LogP contribution is -2.52. The number of hydrogen-bond acceptors (Lipinski definition) is 3. The normalized spacial score (nSPS) is 18.3. The molecule has 4 nitrogen and oxygen atoms in total. The number of halogens is 1. The summed E-state index contributed by atoms with van der Waals surface area (Å²) in [6.45, 7) is 4.16. The first-order chi connectivity index (χ1) is 13.6. The Morgan fingerprint density at radius 1 is 1.11 bits per heavy atom. The molecule has 2 N–H and O–H groups in total. The van der Waals surface area contributed by atoms with Crippen LogP contribution in [0.2, 0.25) is 0 Å². The summed E-state index contributed by atoms with van der Waals surface area (Å²) in [6, 6.07) is 12.4. The summed E-state index contributed by atoms with van der Waals surface area (Å²) < 4.78 is 13.3. The molecule has 0 radical (unpaired) electrons. The maximum atomic E-state index is 13.3. The van der Waals surface area contributed by atoms with Gasteiger partial charge in [-0.15, -0.1) is 0 Å². The number of thioether (sulfide) groups is 1. The summed E-state index contributed by atoms with van der Waals surface area (Å²) in [4.78, 5) is 15.1. The van der Waals surface area contributed by atoms with Crippen LogP contribution in [-0.2, 0) is 5.54 Å². The molecule has 1 saturated carbocycles. The van der Waals surface area contributed by atoms with Gasteiger partial charge in [-0.1, -0.05) is 12.1 Å². The van der Waals surface area contributed by atoms with Gasteiger partial charge in [0, 0.05) is 36.0 Å². The second kappa shape index (κ2) is 8.03. The summed E-state index contributed by atoms with van der Waals surface area (Å²) in [6.07, 6.45) is 2.80. The molecule has 2 aromatic rings. The fraction of sp³-hybridized carbons (Fsp3) is 0.409. The summed E-state index contributed by atoms with van der Waals surface area (Å²) in [5.41, 5.74) is 3.66. The Bertz CT molecular complexity index is 845. The molecule has 2 aliphatic rings. The van der Waals surface area contributed by atoms with Crippen molar-refractivity contribution in [2.45, 2.75) is 31.7 Å².